The zero-order chi connectivity index (χ0) is 23.7. The van der Waals surface area contributed by atoms with Gasteiger partial charge in [0.15, 0.2) is 5.78 Å². The number of likely N-dealkylation sites (tertiary alicyclic amines) is 2. The number of amides is 1. The number of ether oxygens (including phenoxy) is 1. The molecule has 1 aromatic heterocycles. The number of carbonyl (C=O) groups is 2. The van der Waals surface area contributed by atoms with Gasteiger partial charge in [-0.25, -0.2) is 4.79 Å². The Hall–Kier alpha value is -2.71. The van der Waals surface area contributed by atoms with E-state index in [2.05, 4.69) is 40.0 Å². The molecule has 182 valence electrons. The van der Waals surface area contributed by atoms with Crippen LogP contribution < -0.4 is 4.90 Å². The van der Waals surface area contributed by atoms with E-state index in [1.807, 2.05) is 4.90 Å². The van der Waals surface area contributed by atoms with Crippen LogP contribution in [0.4, 0.5) is 10.5 Å². The number of hydrogen-bond donors (Lipinski definition) is 0. The highest BCUT2D eigenvalue weighted by molar-refractivity contribution is 5.92. The predicted molar refractivity (Wildman–Crippen MR) is 130 cm³/mol. The summed E-state index contributed by atoms with van der Waals surface area (Å²) < 4.78 is 6.82. The number of carbonyl (C=O) groups excluding carboxylic acids is 2. The number of aromatic nitrogens is 2. The van der Waals surface area contributed by atoms with Crippen molar-refractivity contribution in [2.45, 2.75) is 39.7 Å². The van der Waals surface area contributed by atoms with Crippen LogP contribution in [0.5, 0.6) is 0 Å². The molecule has 0 bridgehead atoms. The van der Waals surface area contributed by atoms with Crippen molar-refractivity contribution >= 4 is 17.5 Å². The first kappa shape index (κ1) is 23.1. The molecule has 1 amide bonds. The molecule has 2 aromatic rings. The number of ketones is 1. The third-order valence-electron chi connectivity index (χ3n) is 7.66. The summed E-state index contributed by atoms with van der Waals surface area (Å²) in [5.74, 6) is -0.124. The minimum absolute atomic E-state index is 0.124. The number of nitrogens with zero attached hydrogens (tertiary/aromatic N) is 5. The first-order valence-corrected chi connectivity index (χ1v) is 12.4. The van der Waals surface area contributed by atoms with Gasteiger partial charge >= 0.3 is 6.03 Å². The fourth-order valence-corrected chi connectivity index (χ4v) is 5.70. The van der Waals surface area contributed by atoms with Crippen molar-refractivity contribution in [1.82, 2.24) is 19.6 Å². The topological polar surface area (TPSA) is 70.9 Å². The van der Waals surface area contributed by atoms with Gasteiger partial charge in [-0.15, -0.1) is 0 Å². The Morgan fingerprint density at radius 3 is 2.47 bits per heavy atom. The van der Waals surface area contributed by atoms with E-state index in [-0.39, 0.29) is 11.8 Å². The van der Waals surface area contributed by atoms with Gasteiger partial charge in [0, 0.05) is 58.1 Å². The van der Waals surface area contributed by atoms with E-state index >= 15 is 0 Å². The van der Waals surface area contributed by atoms with Gasteiger partial charge in [0.05, 0.1) is 13.2 Å². The molecule has 0 saturated carbocycles. The molecule has 5 rings (SSSR count). The lowest BCUT2D eigenvalue weighted by molar-refractivity contribution is 0.101. The van der Waals surface area contributed by atoms with Crippen LogP contribution >= 0.6 is 0 Å². The summed E-state index contributed by atoms with van der Waals surface area (Å²) in [5.41, 5.74) is 4.63. The molecule has 0 radical (unpaired) electrons. The Labute approximate surface area is 201 Å². The molecule has 34 heavy (non-hydrogen) atoms. The van der Waals surface area contributed by atoms with Gasteiger partial charge in [0.1, 0.15) is 5.69 Å². The van der Waals surface area contributed by atoms with Gasteiger partial charge in [0.25, 0.3) is 0 Å². The fraction of sp³-hybridized carbons (Fsp3) is 0.577. The molecule has 0 aliphatic carbocycles. The van der Waals surface area contributed by atoms with Gasteiger partial charge in [0.2, 0.25) is 0 Å². The summed E-state index contributed by atoms with van der Waals surface area (Å²) in [6.07, 6.45) is 4.81. The van der Waals surface area contributed by atoms with Gasteiger partial charge in [-0.2, -0.15) is 9.78 Å². The Morgan fingerprint density at radius 1 is 1.03 bits per heavy atom. The highest BCUT2D eigenvalue weighted by atomic mass is 16.5. The lowest BCUT2D eigenvalue weighted by Crippen LogP contribution is -2.45. The molecule has 1 spiro atoms. The number of morpholine rings is 1. The van der Waals surface area contributed by atoms with E-state index < -0.39 is 0 Å². The molecule has 3 aliphatic heterocycles. The molecule has 4 heterocycles. The average Bonchev–Trinajstić information content (AvgIpc) is 3.48. The highest BCUT2D eigenvalue weighted by Gasteiger charge is 2.41. The quantitative estimate of drug-likeness (QED) is 0.646. The van der Waals surface area contributed by atoms with E-state index in [1.165, 1.54) is 34.8 Å². The first-order chi connectivity index (χ1) is 16.4. The Bertz CT molecular complexity index is 1050. The van der Waals surface area contributed by atoms with E-state index in [4.69, 9.17) is 4.74 Å². The minimum Gasteiger partial charge on any atom is -0.378 e. The monoisotopic (exact) mass is 465 g/mol. The lowest BCUT2D eigenvalue weighted by atomic mass is 9.78. The van der Waals surface area contributed by atoms with Crippen LogP contribution in [0.1, 0.15) is 47.8 Å². The zero-order valence-electron chi connectivity index (χ0n) is 20.3. The number of hydrogen-bond acceptors (Lipinski definition) is 6. The van der Waals surface area contributed by atoms with Crippen molar-refractivity contribution in [2.24, 2.45) is 5.41 Å². The number of anilines is 1. The number of benzene rings is 1. The maximum Gasteiger partial charge on any atom is 0.344 e. The van der Waals surface area contributed by atoms with E-state index in [0.717, 1.165) is 71.9 Å². The molecule has 0 N–H and O–H groups in total. The lowest BCUT2D eigenvalue weighted by Gasteiger charge is -2.39. The third kappa shape index (κ3) is 4.88. The van der Waals surface area contributed by atoms with E-state index in [1.54, 1.807) is 12.3 Å². The molecule has 3 fully saturated rings. The SMILES string of the molecule is CC(=O)c1ccn(C(=O)N2CCC3(CCN(Cc4cc(C)cc(N5CCOCC5)c4)C3)CC2)n1. The predicted octanol–water partition coefficient (Wildman–Crippen LogP) is 3.19. The van der Waals surface area contributed by atoms with Crippen molar-refractivity contribution in [3.63, 3.8) is 0 Å². The van der Waals surface area contributed by atoms with E-state index in [9.17, 15) is 9.59 Å². The summed E-state index contributed by atoms with van der Waals surface area (Å²) in [6, 6.07) is 8.43. The molecule has 8 heteroatoms. The Kier molecular flexibility index (Phi) is 6.44. The van der Waals surface area contributed by atoms with Gasteiger partial charge in [-0.3, -0.25) is 9.69 Å². The van der Waals surface area contributed by atoms with Crippen molar-refractivity contribution in [2.75, 3.05) is 57.4 Å². The zero-order valence-corrected chi connectivity index (χ0v) is 20.3. The summed E-state index contributed by atoms with van der Waals surface area (Å²) in [7, 11) is 0. The minimum atomic E-state index is -0.132. The van der Waals surface area contributed by atoms with Crippen LogP contribution in [0.2, 0.25) is 0 Å². The van der Waals surface area contributed by atoms with Crippen LogP contribution in [0.15, 0.2) is 30.5 Å². The molecular weight excluding hydrogens is 430 g/mol. The van der Waals surface area contributed by atoms with E-state index in [0.29, 0.717) is 11.1 Å². The second-order valence-electron chi connectivity index (χ2n) is 10.2. The van der Waals surface area contributed by atoms with Crippen LogP contribution in [-0.4, -0.2) is 83.9 Å². The Morgan fingerprint density at radius 2 is 1.76 bits per heavy atom. The molecule has 3 saturated heterocycles. The normalized spacial score (nSPS) is 20.8. The largest absolute Gasteiger partial charge is 0.378 e. The van der Waals surface area contributed by atoms with Crippen LogP contribution in [0.25, 0.3) is 0 Å². The Balaban J connectivity index is 1.17. The molecular formula is C26H35N5O3. The van der Waals surface area contributed by atoms with Crippen molar-refractivity contribution in [3.8, 4) is 0 Å². The van der Waals surface area contributed by atoms with Crippen LogP contribution in [0.3, 0.4) is 0 Å². The number of Topliss-reactive ketones (excluding diaryl/α,β-unsaturated/α-hetero) is 1. The van der Waals surface area contributed by atoms with Crippen molar-refractivity contribution in [1.29, 1.82) is 0 Å². The summed E-state index contributed by atoms with van der Waals surface area (Å²) in [5, 5.41) is 4.14. The molecule has 0 unspecified atom stereocenters. The maximum absolute atomic E-state index is 12.8. The van der Waals surface area contributed by atoms with Crippen LogP contribution in [-0.2, 0) is 11.3 Å². The van der Waals surface area contributed by atoms with Gasteiger partial charge in [-0.05, 0) is 67.5 Å². The molecule has 8 nitrogen and oxygen atoms in total. The summed E-state index contributed by atoms with van der Waals surface area (Å²) >= 11 is 0. The second-order valence-corrected chi connectivity index (χ2v) is 10.2. The standard InChI is InChI=1S/C26H35N5O3/c1-20-15-22(17-23(16-20)29-11-13-34-14-12-29)18-28-8-4-26(19-28)5-9-30(10-6-26)25(33)31-7-3-24(27-31)21(2)32/h3,7,15-17H,4-6,8-14,18-19H2,1-2H3. The van der Waals surface area contributed by atoms with Gasteiger partial charge in [-0.1, -0.05) is 6.07 Å². The van der Waals surface area contributed by atoms with Crippen molar-refractivity contribution in [3.05, 3.63) is 47.3 Å². The molecule has 0 atom stereocenters. The van der Waals surface area contributed by atoms with Gasteiger partial charge < -0.3 is 14.5 Å². The number of rotatable bonds is 4. The van der Waals surface area contributed by atoms with Crippen LogP contribution in [0, 0.1) is 12.3 Å². The van der Waals surface area contributed by atoms with Crippen molar-refractivity contribution < 1.29 is 14.3 Å². The highest BCUT2D eigenvalue weighted by Crippen LogP contribution is 2.41. The first-order valence-electron chi connectivity index (χ1n) is 12.4. The molecule has 3 aliphatic rings. The smallest absolute Gasteiger partial charge is 0.344 e. The number of aryl methyl sites for hydroxylation is 1. The number of piperidine rings is 1. The molecule has 1 aromatic carbocycles. The summed E-state index contributed by atoms with van der Waals surface area (Å²) in [6.45, 7) is 11.8. The fourth-order valence-electron chi connectivity index (χ4n) is 5.70. The maximum atomic E-state index is 12.8. The summed E-state index contributed by atoms with van der Waals surface area (Å²) in [4.78, 5) is 31.2. The average molecular weight is 466 g/mol. The third-order valence-corrected chi connectivity index (χ3v) is 7.66. The second kappa shape index (κ2) is 9.50.